The van der Waals surface area contributed by atoms with Crippen molar-refractivity contribution in [2.45, 2.75) is 40.5 Å². The molecule has 0 atom stereocenters. The van der Waals surface area contributed by atoms with E-state index in [1.807, 2.05) is 28.9 Å². The number of nitrogens with zero attached hydrogens (tertiary/aromatic N) is 4. The first-order valence-electron chi connectivity index (χ1n) is 11.7. The minimum atomic E-state index is 0.0138. The lowest BCUT2D eigenvalue weighted by atomic mass is 10.1. The van der Waals surface area contributed by atoms with Crippen molar-refractivity contribution in [3.8, 4) is 0 Å². The zero-order valence-electron chi connectivity index (χ0n) is 19.7. The molecule has 2 fully saturated rings. The van der Waals surface area contributed by atoms with E-state index in [2.05, 4.69) is 30.6 Å². The van der Waals surface area contributed by atoms with Crippen LogP contribution in [0.1, 0.15) is 49.5 Å². The molecule has 0 saturated carbocycles. The summed E-state index contributed by atoms with van der Waals surface area (Å²) in [6, 6.07) is 5.45. The van der Waals surface area contributed by atoms with Crippen LogP contribution in [-0.2, 0) is 4.79 Å². The molecule has 0 aliphatic carbocycles. The average molecular weight is 451 g/mol. The highest BCUT2D eigenvalue weighted by molar-refractivity contribution is 6.31. The van der Waals surface area contributed by atoms with Gasteiger partial charge in [0, 0.05) is 62.9 Å². The highest BCUT2D eigenvalue weighted by Crippen LogP contribution is 2.18. The summed E-state index contributed by atoms with van der Waals surface area (Å²) < 4.78 is 0. The third kappa shape index (κ3) is 7.78. The topological polar surface area (TPSA) is 47.1 Å². The number of halogens is 1. The maximum absolute atomic E-state index is 12.7. The lowest BCUT2D eigenvalue weighted by Crippen LogP contribution is -2.54. The van der Waals surface area contributed by atoms with Crippen molar-refractivity contribution in [3.63, 3.8) is 0 Å². The van der Waals surface area contributed by atoms with Gasteiger partial charge in [0.2, 0.25) is 5.91 Å². The minimum absolute atomic E-state index is 0.0138. The third-order valence-corrected chi connectivity index (χ3v) is 6.11. The van der Waals surface area contributed by atoms with Crippen LogP contribution in [0.15, 0.2) is 18.2 Å². The molecule has 6 nitrogen and oxygen atoms in total. The van der Waals surface area contributed by atoms with E-state index in [0.717, 1.165) is 57.8 Å². The summed E-state index contributed by atoms with van der Waals surface area (Å²) in [6.07, 6.45) is 2.41. The molecule has 2 aliphatic heterocycles. The number of aryl methyl sites for hydroxylation is 1. The van der Waals surface area contributed by atoms with E-state index in [1.54, 1.807) is 6.07 Å². The fraction of sp³-hybridized carbons (Fsp3) is 0.667. The van der Waals surface area contributed by atoms with E-state index < -0.39 is 0 Å². The monoisotopic (exact) mass is 450 g/mol. The van der Waals surface area contributed by atoms with Crippen LogP contribution in [0.3, 0.4) is 0 Å². The number of carbonyl (C=O) groups is 2. The summed E-state index contributed by atoms with van der Waals surface area (Å²) in [4.78, 5) is 33.7. The van der Waals surface area contributed by atoms with Crippen LogP contribution in [0.5, 0.6) is 0 Å². The van der Waals surface area contributed by atoms with Gasteiger partial charge in [-0.15, -0.1) is 0 Å². The molecule has 0 unspecified atom stereocenters. The van der Waals surface area contributed by atoms with E-state index >= 15 is 0 Å². The van der Waals surface area contributed by atoms with E-state index in [4.69, 9.17) is 11.6 Å². The van der Waals surface area contributed by atoms with Gasteiger partial charge in [-0.05, 0) is 37.6 Å². The van der Waals surface area contributed by atoms with Crippen LogP contribution >= 0.6 is 11.6 Å². The van der Waals surface area contributed by atoms with Gasteiger partial charge >= 0.3 is 0 Å². The van der Waals surface area contributed by atoms with E-state index in [-0.39, 0.29) is 11.8 Å². The molecule has 7 heteroatoms. The van der Waals surface area contributed by atoms with Crippen molar-refractivity contribution >= 4 is 23.4 Å². The molecule has 3 rings (SSSR count). The Labute approximate surface area is 193 Å². The number of benzene rings is 1. The molecule has 2 amide bonds. The van der Waals surface area contributed by atoms with Gasteiger partial charge in [0.15, 0.2) is 0 Å². The zero-order chi connectivity index (χ0) is 22.8. The van der Waals surface area contributed by atoms with E-state index in [0.29, 0.717) is 30.2 Å². The summed E-state index contributed by atoms with van der Waals surface area (Å²) in [5, 5.41) is 0.620. The molecular formula is C24H39ClN4O2. The molecule has 0 N–H and O–H groups in total. The Morgan fingerprint density at radius 3 is 1.97 bits per heavy atom. The third-order valence-electron chi connectivity index (χ3n) is 5.70. The lowest BCUT2D eigenvalue weighted by molar-refractivity contribution is -0.134. The van der Waals surface area contributed by atoms with Gasteiger partial charge < -0.3 is 9.80 Å². The van der Waals surface area contributed by atoms with Crippen LogP contribution in [0.4, 0.5) is 0 Å². The fourth-order valence-electron chi connectivity index (χ4n) is 3.85. The average Bonchev–Trinajstić information content (AvgIpc) is 2.77. The van der Waals surface area contributed by atoms with Gasteiger partial charge in [0.1, 0.15) is 0 Å². The summed E-state index contributed by atoms with van der Waals surface area (Å²) in [7, 11) is 0. The zero-order valence-corrected chi connectivity index (χ0v) is 20.5. The maximum atomic E-state index is 12.7. The Bertz CT molecular complexity index is 712. The minimum Gasteiger partial charge on any atom is -0.339 e. The van der Waals surface area contributed by atoms with Crippen molar-refractivity contribution in [2.75, 3.05) is 65.4 Å². The van der Waals surface area contributed by atoms with Crippen molar-refractivity contribution in [1.82, 2.24) is 19.6 Å². The van der Waals surface area contributed by atoms with E-state index in [9.17, 15) is 9.59 Å². The fourth-order valence-corrected chi connectivity index (χ4v) is 4.03. The predicted octanol–water partition coefficient (Wildman–Crippen LogP) is 3.38. The molecule has 0 radical (unpaired) electrons. The number of piperazine rings is 2. The predicted molar refractivity (Wildman–Crippen MR) is 128 cm³/mol. The molecule has 0 aromatic heterocycles. The first kappa shape index (κ1) is 25.6. The number of hydrogen-bond acceptors (Lipinski definition) is 4. The molecule has 2 saturated heterocycles. The second-order valence-corrected chi connectivity index (χ2v) is 8.87. The standard InChI is InChI=1S/C21H31ClN4O2.C3H8/c1-3-6-23-7-11-25(12-8-23)20(27)16-24-9-13-26(14-10-24)21(28)18-5-4-17(2)19(22)15-18;1-3-2/h4-5,15H,3,6-14,16H2,1-2H3;3H2,1-2H3. The number of amides is 2. The molecule has 2 aliphatic rings. The van der Waals surface area contributed by atoms with Crippen LogP contribution in [-0.4, -0.2) is 96.9 Å². The van der Waals surface area contributed by atoms with Crippen molar-refractivity contribution in [1.29, 1.82) is 0 Å². The van der Waals surface area contributed by atoms with Gasteiger partial charge in [-0.25, -0.2) is 0 Å². The summed E-state index contributed by atoms with van der Waals surface area (Å²) in [6.45, 7) is 16.3. The molecule has 1 aromatic rings. The van der Waals surface area contributed by atoms with Crippen LogP contribution in [0.2, 0.25) is 5.02 Å². The quantitative estimate of drug-likeness (QED) is 0.690. The Morgan fingerprint density at radius 1 is 0.871 bits per heavy atom. The Balaban J connectivity index is 0.00000107. The number of carbonyl (C=O) groups excluding carboxylic acids is 2. The van der Waals surface area contributed by atoms with Gasteiger partial charge in [0.25, 0.3) is 5.91 Å². The molecule has 1 aromatic carbocycles. The highest BCUT2D eigenvalue weighted by Gasteiger charge is 2.26. The van der Waals surface area contributed by atoms with Crippen LogP contribution in [0.25, 0.3) is 0 Å². The molecule has 2 heterocycles. The number of rotatable bonds is 5. The lowest BCUT2D eigenvalue weighted by Gasteiger charge is -2.38. The largest absolute Gasteiger partial charge is 0.339 e. The molecule has 0 bridgehead atoms. The molecular weight excluding hydrogens is 412 g/mol. The summed E-state index contributed by atoms with van der Waals surface area (Å²) >= 11 is 6.15. The van der Waals surface area contributed by atoms with E-state index in [1.165, 1.54) is 6.42 Å². The summed E-state index contributed by atoms with van der Waals surface area (Å²) in [5.41, 5.74) is 1.60. The summed E-state index contributed by atoms with van der Waals surface area (Å²) in [5.74, 6) is 0.223. The number of hydrogen-bond donors (Lipinski definition) is 0. The second-order valence-electron chi connectivity index (χ2n) is 8.46. The first-order chi connectivity index (χ1) is 14.9. The maximum Gasteiger partial charge on any atom is 0.253 e. The van der Waals surface area contributed by atoms with Crippen LogP contribution < -0.4 is 0 Å². The molecule has 31 heavy (non-hydrogen) atoms. The van der Waals surface area contributed by atoms with Gasteiger partial charge in [-0.1, -0.05) is 44.9 Å². The van der Waals surface area contributed by atoms with Gasteiger partial charge in [-0.3, -0.25) is 19.4 Å². The molecule has 0 spiro atoms. The normalized spacial score (nSPS) is 17.8. The van der Waals surface area contributed by atoms with Crippen LogP contribution in [0, 0.1) is 6.92 Å². The second kappa shape index (κ2) is 13.0. The van der Waals surface area contributed by atoms with Gasteiger partial charge in [-0.2, -0.15) is 0 Å². The molecule has 174 valence electrons. The Morgan fingerprint density at radius 2 is 1.42 bits per heavy atom. The van der Waals surface area contributed by atoms with Crippen molar-refractivity contribution in [2.24, 2.45) is 0 Å². The van der Waals surface area contributed by atoms with Gasteiger partial charge in [0.05, 0.1) is 6.54 Å². The van der Waals surface area contributed by atoms with Crippen molar-refractivity contribution in [3.05, 3.63) is 34.3 Å². The highest BCUT2D eigenvalue weighted by atomic mass is 35.5. The Hall–Kier alpha value is -1.63. The van der Waals surface area contributed by atoms with Crippen molar-refractivity contribution < 1.29 is 9.59 Å². The SMILES string of the molecule is CCC.CCCN1CCN(C(=O)CN2CCN(C(=O)c3ccc(C)c(Cl)c3)CC2)CC1. The first-order valence-corrected chi connectivity index (χ1v) is 12.0. The Kier molecular flexibility index (Phi) is 10.8. The smallest absolute Gasteiger partial charge is 0.253 e.